The van der Waals surface area contributed by atoms with Crippen LogP contribution in [0.3, 0.4) is 0 Å². The lowest BCUT2D eigenvalue weighted by atomic mass is 10.1. The molecule has 0 aliphatic heterocycles. The maximum Gasteiger partial charge on any atom is 0.331 e. The molecule has 1 amide bonds. The van der Waals surface area contributed by atoms with Gasteiger partial charge in [0.05, 0.1) is 4.92 Å². The van der Waals surface area contributed by atoms with E-state index < -0.39 is 22.9 Å². The summed E-state index contributed by atoms with van der Waals surface area (Å²) in [6.45, 7) is 5.25. The Balaban J connectivity index is 1.96. The number of nitro benzene ring substituents is 1. The molecule has 0 heterocycles. The Bertz CT molecular complexity index is 905. The lowest BCUT2D eigenvalue weighted by Crippen LogP contribution is -2.29. The van der Waals surface area contributed by atoms with Crippen LogP contribution in [0.25, 0.3) is 6.08 Å². The number of hydrogen-bond acceptors (Lipinski definition) is 5. The van der Waals surface area contributed by atoms with E-state index in [0.717, 1.165) is 17.2 Å². The number of non-ortho nitro benzene ring substituents is 1. The van der Waals surface area contributed by atoms with Crippen LogP contribution < -0.4 is 5.32 Å². The zero-order valence-corrected chi connectivity index (χ0v) is 15.3. The minimum absolute atomic E-state index is 0.0770. The third-order valence-electron chi connectivity index (χ3n) is 3.81. The minimum Gasteiger partial charge on any atom is -0.449 e. The van der Waals surface area contributed by atoms with Crippen molar-refractivity contribution < 1.29 is 19.2 Å². The molecular weight excluding hydrogens is 348 g/mol. The molecule has 7 heteroatoms. The number of esters is 1. The number of rotatable bonds is 6. The molecule has 2 rings (SSSR count). The zero-order chi connectivity index (χ0) is 20.0. The Kier molecular flexibility index (Phi) is 6.43. The number of ether oxygens (including phenoxy) is 1. The van der Waals surface area contributed by atoms with Gasteiger partial charge in [0, 0.05) is 23.9 Å². The summed E-state index contributed by atoms with van der Waals surface area (Å²) in [6.07, 6.45) is 1.53. The van der Waals surface area contributed by atoms with Crippen LogP contribution in [0.15, 0.2) is 48.5 Å². The first kappa shape index (κ1) is 19.8. The van der Waals surface area contributed by atoms with Gasteiger partial charge in [-0.15, -0.1) is 0 Å². The maximum atomic E-state index is 12.2. The molecule has 7 nitrogen and oxygen atoms in total. The van der Waals surface area contributed by atoms with Crippen LogP contribution in [0.5, 0.6) is 0 Å². The number of amides is 1. The molecule has 0 aliphatic carbocycles. The largest absolute Gasteiger partial charge is 0.449 e. The van der Waals surface area contributed by atoms with Crippen LogP contribution in [0.4, 0.5) is 11.4 Å². The highest BCUT2D eigenvalue weighted by atomic mass is 16.6. The quantitative estimate of drug-likeness (QED) is 0.362. The summed E-state index contributed by atoms with van der Waals surface area (Å²) in [5.41, 5.74) is 2.97. The molecule has 1 N–H and O–H groups in total. The van der Waals surface area contributed by atoms with E-state index in [4.69, 9.17) is 4.74 Å². The van der Waals surface area contributed by atoms with E-state index in [9.17, 15) is 19.7 Å². The van der Waals surface area contributed by atoms with Crippen molar-refractivity contribution in [1.29, 1.82) is 0 Å². The van der Waals surface area contributed by atoms with Gasteiger partial charge in [0.15, 0.2) is 6.10 Å². The Hall–Kier alpha value is -3.48. The van der Waals surface area contributed by atoms with E-state index in [1.807, 2.05) is 32.0 Å². The van der Waals surface area contributed by atoms with Gasteiger partial charge in [-0.3, -0.25) is 14.9 Å². The van der Waals surface area contributed by atoms with Gasteiger partial charge >= 0.3 is 5.97 Å². The zero-order valence-electron chi connectivity index (χ0n) is 15.3. The number of anilines is 1. The normalized spacial score (nSPS) is 11.8. The molecule has 0 aromatic heterocycles. The van der Waals surface area contributed by atoms with Crippen molar-refractivity contribution in [2.75, 3.05) is 5.32 Å². The summed E-state index contributed by atoms with van der Waals surface area (Å²) >= 11 is 0. The third kappa shape index (κ3) is 5.78. The van der Waals surface area contributed by atoms with E-state index in [2.05, 4.69) is 5.32 Å². The average Bonchev–Trinajstić information content (AvgIpc) is 2.63. The number of nitrogens with one attached hydrogen (secondary N) is 1. The van der Waals surface area contributed by atoms with Crippen LogP contribution in [-0.4, -0.2) is 22.9 Å². The van der Waals surface area contributed by atoms with Gasteiger partial charge in [0.25, 0.3) is 11.6 Å². The number of carbonyl (C=O) groups excluding carboxylic acids is 2. The lowest BCUT2D eigenvalue weighted by molar-refractivity contribution is -0.384. The molecule has 2 aromatic carbocycles. The van der Waals surface area contributed by atoms with Gasteiger partial charge in [0.1, 0.15) is 0 Å². The first-order valence-corrected chi connectivity index (χ1v) is 8.27. The first-order chi connectivity index (χ1) is 12.8. The van der Waals surface area contributed by atoms with Crippen molar-refractivity contribution in [2.45, 2.75) is 26.9 Å². The van der Waals surface area contributed by atoms with Crippen molar-refractivity contribution in [1.82, 2.24) is 0 Å². The summed E-state index contributed by atoms with van der Waals surface area (Å²) in [7, 11) is 0. The number of aryl methyl sites for hydroxylation is 2. The second-order valence-corrected chi connectivity index (χ2v) is 6.07. The third-order valence-corrected chi connectivity index (χ3v) is 3.81. The smallest absolute Gasteiger partial charge is 0.331 e. The molecule has 0 bridgehead atoms. The predicted octanol–water partition coefficient (Wildman–Crippen LogP) is 3.80. The number of nitrogens with zero attached hydrogens (tertiary/aromatic N) is 1. The van der Waals surface area contributed by atoms with Gasteiger partial charge in [-0.05, 0) is 49.6 Å². The highest BCUT2D eigenvalue weighted by molar-refractivity contribution is 5.97. The standard InChI is InChI=1S/C20H20N2O5/c1-13-7-8-14(2)18(11-13)21-20(24)15(3)27-19(23)10-9-16-5-4-6-17(12-16)22(25)26/h4-12,15H,1-3H3,(H,21,24)/b10-9+/t15-/m0/s1. The van der Waals surface area contributed by atoms with Gasteiger partial charge in [-0.1, -0.05) is 24.3 Å². The Labute approximate surface area is 156 Å². The topological polar surface area (TPSA) is 98.5 Å². The summed E-state index contributed by atoms with van der Waals surface area (Å²) < 4.78 is 5.08. The van der Waals surface area contributed by atoms with Crippen molar-refractivity contribution in [3.05, 3.63) is 75.3 Å². The SMILES string of the molecule is Cc1ccc(C)c(NC(=O)[C@H](C)OC(=O)/C=C/c2cccc([N+](=O)[O-])c2)c1. The molecule has 0 unspecified atom stereocenters. The molecule has 0 saturated carbocycles. The second kappa shape index (κ2) is 8.75. The molecule has 0 spiro atoms. The number of benzene rings is 2. The van der Waals surface area contributed by atoms with Crippen LogP contribution in [0.2, 0.25) is 0 Å². The highest BCUT2D eigenvalue weighted by Gasteiger charge is 2.17. The molecule has 0 radical (unpaired) electrons. The molecule has 27 heavy (non-hydrogen) atoms. The van der Waals surface area contributed by atoms with Crippen molar-refractivity contribution in [3.8, 4) is 0 Å². The maximum absolute atomic E-state index is 12.2. The lowest BCUT2D eigenvalue weighted by Gasteiger charge is -2.14. The number of carbonyl (C=O) groups is 2. The molecule has 0 saturated heterocycles. The summed E-state index contributed by atoms with van der Waals surface area (Å²) in [5, 5.41) is 13.5. The van der Waals surface area contributed by atoms with Crippen molar-refractivity contribution >= 4 is 29.3 Å². The van der Waals surface area contributed by atoms with Gasteiger partial charge in [-0.25, -0.2) is 4.79 Å². The van der Waals surface area contributed by atoms with E-state index in [1.165, 1.54) is 31.2 Å². The van der Waals surface area contributed by atoms with Gasteiger partial charge < -0.3 is 10.1 Å². The first-order valence-electron chi connectivity index (χ1n) is 8.27. The summed E-state index contributed by atoms with van der Waals surface area (Å²) in [6, 6.07) is 11.5. The van der Waals surface area contributed by atoms with E-state index in [0.29, 0.717) is 11.3 Å². The molecule has 0 fully saturated rings. The van der Waals surface area contributed by atoms with Crippen LogP contribution in [-0.2, 0) is 14.3 Å². The number of hydrogen-bond donors (Lipinski definition) is 1. The van der Waals surface area contributed by atoms with Crippen molar-refractivity contribution in [2.24, 2.45) is 0 Å². The van der Waals surface area contributed by atoms with E-state index >= 15 is 0 Å². The fourth-order valence-corrected chi connectivity index (χ4v) is 2.28. The summed E-state index contributed by atoms with van der Waals surface area (Å²) in [5.74, 6) is -1.16. The Morgan fingerprint density at radius 2 is 1.93 bits per heavy atom. The summed E-state index contributed by atoms with van der Waals surface area (Å²) in [4.78, 5) is 34.4. The van der Waals surface area contributed by atoms with Crippen LogP contribution in [0, 0.1) is 24.0 Å². The van der Waals surface area contributed by atoms with Crippen LogP contribution in [0.1, 0.15) is 23.6 Å². The fraction of sp³-hybridized carbons (Fsp3) is 0.200. The van der Waals surface area contributed by atoms with Crippen molar-refractivity contribution in [3.63, 3.8) is 0 Å². The van der Waals surface area contributed by atoms with Gasteiger partial charge in [-0.2, -0.15) is 0 Å². The monoisotopic (exact) mass is 368 g/mol. The minimum atomic E-state index is -0.993. The number of nitro groups is 1. The molecular formula is C20H20N2O5. The molecule has 140 valence electrons. The Morgan fingerprint density at radius 3 is 2.63 bits per heavy atom. The molecule has 0 aliphatic rings. The second-order valence-electron chi connectivity index (χ2n) is 6.07. The van der Waals surface area contributed by atoms with Gasteiger partial charge in [0.2, 0.25) is 0 Å². The van der Waals surface area contributed by atoms with E-state index in [1.54, 1.807) is 6.07 Å². The predicted molar refractivity (Wildman–Crippen MR) is 102 cm³/mol. The molecule has 1 atom stereocenters. The average molecular weight is 368 g/mol. The Morgan fingerprint density at radius 1 is 1.19 bits per heavy atom. The molecule has 2 aromatic rings. The van der Waals surface area contributed by atoms with Crippen LogP contribution >= 0.6 is 0 Å². The highest BCUT2D eigenvalue weighted by Crippen LogP contribution is 2.17. The van der Waals surface area contributed by atoms with E-state index in [-0.39, 0.29) is 5.69 Å². The fourth-order valence-electron chi connectivity index (χ4n) is 2.28.